The Kier molecular flexibility index (Phi) is 2.41. The van der Waals surface area contributed by atoms with E-state index in [1.807, 2.05) is 0 Å². The van der Waals surface area contributed by atoms with Crippen LogP contribution in [-0.2, 0) is 0 Å². The lowest BCUT2D eigenvalue weighted by Gasteiger charge is -2.03. The van der Waals surface area contributed by atoms with Crippen molar-refractivity contribution in [2.45, 2.75) is 6.92 Å². The highest BCUT2D eigenvalue weighted by atomic mass is 32.1. The molecular formula is C14H13NOS. The normalized spacial score (nSPS) is 10.9. The Hall–Kier alpha value is -1.74. The van der Waals surface area contributed by atoms with E-state index in [-0.39, 0.29) is 0 Å². The van der Waals surface area contributed by atoms with Crippen LogP contribution in [0.25, 0.3) is 22.2 Å². The van der Waals surface area contributed by atoms with Crippen LogP contribution in [0.2, 0.25) is 0 Å². The lowest BCUT2D eigenvalue weighted by atomic mass is 10.1. The van der Waals surface area contributed by atoms with Gasteiger partial charge in [0.05, 0.1) is 7.11 Å². The standard InChI is InChI=1S/C14H13NOS/c1-9-5-11-6-12(10-3-4-17-8-10)15-13(11)7-14(9)16-2/h3-8,15H,1-2H3. The Bertz CT molecular complexity index is 652. The van der Waals surface area contributed by atoms with E-state index < -0.39 is 0 Å². The van der Waals surface area contributed by atoms with E-state index in [0.29, 0.717) is 0 Å². The summed E-state index contributed by atoms with van der Waals surface area (Å²) in [4.78, 5) is 3.43. The number of fused-ring (bicyclic) bond motifs is 1. The fraction of sp³-hybridized carbons (Fsp3) is 0.143. The van der Waals surface area contributed by atoms with Crippen molar-refractivity contribution < 1.29 is 4.74 Å². The molecule has 17 heavy (non-hydrogen) atoms. The van der Waals surface area contributed by atoms with Crippen LogP contribution in [0.3, 0.4) is 0 Å². The van der Waals surface area contributed by atoms with Crippen LogP contribution in [0.4, 0.5) is 0 Å². The summed E-state index contributed by atoms with van der Waals surface area (Å²) < 4.78 is 5.34. The monoisotopic (exact) mass is 243 g/mol. The van der Waals surface area contributed by atoms with Crippen LogP contribution in [-0.4, -0.2) is 12.1 Å². The third-order valence-corrected chi connectivity index (χ3v) is 3.65. The maximum atomic E-state index is 5.34. The molecule has 0 bridgehead atoms. The van der Waals surface area contributed by atoms with Gasteiger partial charge in [0.15, 0.2) is 0 Å². The van der Waals surface area contributed by atoms with Crippen molar-refractivity contribution in [2.24, 2.45) is 0 Å². The third kappa shape index (κ3) is 1.72. The van der Waals surface area contributed by atoms with E-state index >= 15 is 0 Å². The Balaban J connectivity index is 2.19. The maximum Gasteiger partial charge on any atom is 0.123 e. The van der Waals surface area contributed by atoms with Crippen LogP contribution in [0, 0.1) is 6.92 Å². The van der Waals surface area contributed by atoms with Crippen molar-refractivity contribution in [1.82, 2.24) is 4.98 Å². The minimum Gasteiger partial charge on any atom is -0.496 e. The Morgan fingerprint density at radius 2 is 2.12 bits per heavy atom. The van der Waals surface area contributed by atoms with Crippen molar-refractivity contribution >= 4 is 22.2 Å². The van der Waals surface area contributed by atoms with Gasteiger partial charge in [0.2, 0.25) is 0 Å². The number of aryl methyl sites for hydroxylation is 1. The molecule has 0 aliphatic carbocycles. The molecule has 86 valence electrons. The predicted molar refractivity (Wildman–Crippen MR) is 72.9 cm³/mol. The summed E-state index contributed by atoms with van der Waals surface area (Å²) in [5, 5.41) is 5.46. The average molecular weight is 243 g/mol. The fourth-order valence-electron chi connectivity index (χ4n) is 2.07. The second kappa shape index (κ2) is 3.93. The zero-order chi connectivity index (χ0) is 11.8. The highest BCUT2D eigenvalue weighted by molar-refractivity contribution is 7.08. The number of methoxy groups -OCH3 is 1. The first-order valence-electron chi connectivity index (χ1n) is 5.48. The molecule has 0 saturated heterocycles. The minimum absolute atomic E-state index is 0.927. The molecule has 1 aromatic carbocycles. The Morgan fingerprint density at radius 3 is 2.82 bits per heavy atom. The maximum absolute atomic E-state index is 5.34. The molecular weight excluding hydrogens is 230 g/mol. The summed E-state index contributed by atoms with van der Waals surface area (Å²) in [7, 11) is 1.71. The molecule has 0 aliphatic rings. The largest absolute Gasteiger partial charge is 0.496 e. The Morgan fingerprint density at radius 1 is 1.24 bits per heavy atom. The van der Waals surface area contributed by atoms with E-state index in [4.69, 9.17) is 4.74 Å². The minimum atomic E-state index is 0.927. The smallest absolute Gasteiger partial charge is 0.123 e. The zero-order valence-corrected chi connectivity index (χ0v) is 10.6. The summed E-state index contributed by atoms with van der Waals surface area (Å²) >= 11 is 1.71. The number of aromatic amines is 1. The van der Waals surface area contributed by atoms with Crippen molar-refractivity contribution in [3.05, 3.63) is 40.6 Å². The second-order valence-corrected chi connectivity index (χ2v) is 4.88. The molecule has 1 N–H and O–H groups in total. The molecule has 2 aromatic heterocycles. The molecule has 0 spiro atoms. The summed E-state index contributed by atoms with van der Waals surface area (Å²) in [6, 6.07) is 8.52. The van der Waals surface area contributed by atoms with E-state index in [1.165, 1.54) is 10.9 Å². The highest BCUT2D eigenvalue weighted by Crippen LogP contribution is 2.30. The van der Waals surface area contributed by atoms with Gasteiger partial charge in [-0.2, -0.15) is 11.3 Å². The van der Waals surface area contributed by atoms with Gasteiger partial charge in [-0.15, -0.1) is 0 Å². The average Bonchev–Trinajstić information content (AvgIpc) is 2.95. The molecule has 3 aromatic rings. The number of thiophene rings is 1. The van der Waals surface area contributed by atoms with Crippen molar-refractivity contribution in [3.8, 4) is 17.0 Å². The molecule has 0 saturated carbocycles. The van der Waals surface area contributed by atoms with Gasteiger partial charge in [-0.3, -0.25) is 0 Å². The number of benzene rings is 1. The van der Waals surface area contributed by atoms with Crippen molar-refractivity contribution in [1.29, 1.82) is 0 Å². The van der Waals surface area contributed by atoms with E-state index in [2.05, 4.69) is 46.9 Å². The first-order valence-corrected chi connectivity index (χ1v) is 6.42. The number of hydrogen-bond acceptors (Lipinski definition) is 2. The molecule has 0 amide bonds. The summed E-state index contributed by atoms with van der Waals surface area (Å²) in [6.07, 6.45) is 0. The van der Waals surface area contributed by atoms with Crippen LogP contribution in [0.1, 0.15) is 5.56 Å². The van der Waals surface area contributed by atoms with Gasteiger partial charge in [-0.05, 0) is 36.1 Å². The van der Waals surface area contributed by atoms with Gasteiger partial charge in [0.1, 0.15) is 5.75 Å². The van der Waals surface area contributed by atoms with Gasteiger partial charge in [0, 0.05) is 33.6 Å². The van der Waals surface area contributed by atoms with Crippen LogP contribution in [0.5, 0.6) is 5.75 Å². The topological polar surface area (TPSA) is 25.0 Å². The first kappa shape index (κ1) is 10.4. The number of ether oxygens (including phenoxy) is 1. The summed E-state index contributed by atoms with van der Waals surface area (Å²) in [5.74, 6) is 0.927. The van der Waals surface area contributed by atoms with E-state index in [9.17, 15) is 0 Å². The van der Waals surface area contributed by atoms with Crippen LogP contribution < -0.4 is 4.74 Å². The first-order chi connectivity index (χ1) is 8.28. The molecule has 2 heterocycles. The number of nitrogens with one attached hydrogen (secondary N) is 1. The fourth-order valence-corrected chi connectivity index (χ4v) is 2.72. The third-order valence-electron chi connectivity index (χ3n) is 2.97. The van der Waals surface area contributed by atoms with Gasteiger partial charge in [0.25, 0.3) is 0 Å². The second-order valence-electron chi connectivity index (χ2n) is 4.10. The van der Waals surface area contributed by atoms with Gasteiger partial charge >= 0.3 is 0 Å². The van der Waals surface area contributed by atoms with Crippen molar-refractivity contribution in [3.63, 3.8) is 0 Å². The number of H-pyrrole nitrogens is 1. The number of hydrogen-bond donors (Lipinski definition) is 1. The highest BCUT2D eigenvalue weighted by Gasteiger charge is 2.06. The molecule has 2 nitrogen and oxygen atoms in total. The van der Waals surface area contributed by atoms with Gasteiger partial charge < -0.3 is 9.72 Å². The quantitative estimate of drug-likeness (QED) is 0.716. The van der Waals surface area contributed by atoms with E-state index in [0.717, 1.165) is 22.5 Å². The molecule has 0 aliphatic heterocycles. The molecule has 0 fully saturated rings. The molecule has 0 radical (unpaired) electrons. The van der Waals surface area contributed by atoms with E-state index in [1.54, 1.807) is 18.4 Å². The lowest BCUT2D eigenvalue weighted by molar-refractivity contribution is 0.412. The molecule has 3 rings (SSSR count). The predicted octanol–water partition coefficient (Wildman–Crippen LogP) is 4.21. The zero-order valence-electron chi connectivity index (χ0n) is 9.78. The Labute approximate surface area is 104 Å². The SMILES string of the molecule is COc1cc2[nH]c(-c3ccsc3)cc2cc1C. The number of aromatic nitrogens is 1. The molecule has 3 heteroatoms. The summed E-state index contributed by atoms with van der Waals surface area (Å²) in [5.41, 5.74) is 4.68. The van der Waals surface area contributed by atoms with Gasteiger partial charge in [-0.25, -0.2) is 0 Å². The molecule has 0 unspecified atom stereocenters. The molecule has 0 atom stereocenters. The van der Waals surface area contributed by atoms with Crippen LogP contribution in [0.15, 0.2) is 35.0 Å². The van der Waals surface area contributed by atoms with Gasteiger partial charge in [-0.1, -0.05) is 0 Å². The lowest BCUT2D eigenvalue weighted by Crippen LogP contribution is -1.86. The number of rotatable bonds is 2. The van der Waals surface area contributed by atoms with Crippen LogP contribution >= 0.6 is 11.3 Å². The van der Waals surface area contributed by atoms with Crippen molar-refractivity contribution in [2.75, 3.05) is 7.11 Å². The summed E-state index contributed by atoms with van der Waals surface area (Å²) in [6.45, 7) is 2.07.